The maximum Gasteiger partial charge on any atom is 0.174 e. The number of hydrogen-bond acceptors (Lipinski definition) is 21. The number of rotatable bonds is 4. The summed E-state index contributed by atoms with van der Waals surface area (Å²) in [6.07, 6.45) is -1.39. The number of carbonyl (C=O) groups is 1. The first-order valence-electron chi connectivity index (χ1n) is 30.6. The molecular weight excluding hydrogens is 1060 g/mol. The first-order valence-corrected chi connectivity index (χ1v) is 30.6. The molecule has 0 saturated carbocycles. The van der Waals surface area contributed by atoms with Gasteiger partial charge in [-0.25, -0.2) is 0 Å². The summed E-state index contributed by atoms with van der Waals surface area (Å²) in [5.41, 5.74) is -1.07. The number of ketones is 1. The van der Waals surface area contributed by atoms with Crippen molar-refractivity contribution < 1.29 is 102 Å². The fraction of sp³-hybridized carbons (Fsp3) is 0.883. The van der Waals surface area contributed by atoms with E-state index in [0.29, 0.717) is 44.9 Å². The molecule has 10 saturated heterocycles. The predicted octanol–water partition coefficient (Wildman–Crippen LogP) is 1.56. The fourth-order valence-electron chi connectivity index (χ4n) is 16.4. The van der Waals surface area contributed by atoms with Gasteiger partial charge in [-0.1, -0.05) is 64.2 Å². The molecule has 0 aromatic rings. The zero-order chi connectivity index (χ0) is 56.4. The van der Waals surface area contributed by atoms with Crippen LogP contribution in [0.4, 0.5) is 0 Å². The minimum absolute atomic E-state index is 0.00312. The van der Waals surface area contributed by atoms with Crippen LogP contribution in [0, 0.1) is 23.7 Å². The van der Waals surface area contributed by atoms with Crippen molar-refractivity contribution in [1.29, 1.82) is 0 Å². The third-order valence-electron chi connectivity index (χ3n) is 21.2. The molecule has 21 heteroatoms. The van der Waals surface area contributed by atoms with Gasteiger partial charge in [0.05, 0.1) is 129 Å². The van der Waals surface area contributed by atoms with Gasteiger partial charge in [0.2, 0.25) is 0 Å². The van der Waals surface area contributed by atoms with Crippen molar-refractivity contribution in [2.45, 2.75) is 294 Å². The predicted molar refractivity (Wildman–Crippen MR) is 281 cm³/mol. The van der Waals surface area contributed by atoms with Gasteiger partial charge in [0.25, 0.3) is 0 Å². The Bertz CT molecular complexity index is 2320. The molecular formula is C60H88O21. The standard InChI is InChI=1S/C60H88O21/c1-26-14-41-43(20-48-54(78-41)28(3)52(67)58-55(79-48)27(2)29(4)60(81-58)23-31(63)25-69-60)74-45-22-51-59(5,80-46(45)15-26)50(66)21-44-36(76-51)9-7-6-8-35-37(73-44)10-11-39-38(71-35)12-13-40-42(72-39)19-49-57(77-40)53(68)56-47(75-49)17-30(62)16-32(70-56)18-33(64)34(65)24-61/h6-7,10-13,26-29,31-58,61,63-68H,8-9,14-25H2,1-5H3/b7-6-/t26-,27+,28+,29+,31+,32-,33?,34-,35-,36+,37+,38+,39-,40-,41+,42+,43-,44-,45+,46-,47+,48+,49-,50-,51-,52+,53-,54-,55-,56+,57-,58+,59+,60-/m1/s1. The first kappa shape index (κ1) is 58.1. The Morgan fingerprint density at radius 1 is 0.543 bits per heavy atom. The molecule has 13 aliphatic heterocycles. The van der Waals surface area contributed by atoms with Gasteiger partial charge in [-0.2, -0.15) is 0 Å². The Kier molecular flexibility index (Phi) is 16.5. The smallest absolute Gasteiger partial charge is 0.174 e. The topological polar surface area (TPSA) is 279 Å². The molecule has 34 atom stereocenters. The summed E-state index contributed by atoms with van der Waals surface area (Å²) < 4.78 is 88.6. The van der Waals surface area contributed by atoms with Gasteiger partial charge >= 0.3 is 0 Å². The van der Waals surface area contributed by atoms with Gasteiger partial charge in [-0.05, 0) is 44.4 Å². The van der Waals surface area contributed by atoms with Crippen molar-refractivity contribution in [3.63, 3.8) is 0 Å². The lowest BCUT2D eigenvalue weighted by Crippen LogP contribution is -2.64. The molecule has 0 aromatic carbocycles. The van der Waals surface area contributed by atoms with Crippen LogP contribution in [0.2, 0.25) is 0 Å². The van der Waals surface area contributed by atoms with Crippen molar-refractivity contribution in [2.24, 2.45) is 23.7 Å². The molecule has 1 unspecified atom stereocenters. The molecule has 7 N–H and O–H groups in total. The molecule has 10 fully saturated rings. The van der Waals surface area contributed by atoms with Crippen LogP contribution in [0.1, 0.15) is 112 Å². The van der Waals surface area contributed by atoms with Crippen LogP contribution >= 0.6 is 0 Å². The summed E-state index contributed by atoms with van der Waals surface area (Å²) >= 11 is 0. The van der Waals surface area contributed by atoms with Crippen molar-refractivity contribution in [3.8, 4) is 0 Å². The maximum absolute atomic E-state index is 13.1. The third-order valence-corrected chi connectivity index (χ3v) is 21.2. The van der Waals surface area contributed by atoms with Gasteiger partial charge in [0, 0.05) is 63.2 Å². The van der Waals surface area contributed by atoms with Gasteiger partial charge in [0.15, 0.2) is 5.79 Å². The van der Waals surface area contributed by atoms with E-state index in [1.54, 1.807) is 0 Å². The minimum atomic E-state index is -1.39. The zero-order valence-corrected chi connectivity index (χ0v) is 47.2. The second-order valence-electron chi connectivity index (χ2n) is 26.7. The summed E-state index contributed by atoms with van der Waals surface area (Å²) in [5, 5.41) is 76.5. The van der Waals surface area contributed by atoms with E-state index in [4.69, 9.17) is 61.6 Å². The van der Waals surface area contributed by atoms with E-state index in [9.17, 15) is 40.5 Å². The lowest BCUT2D eigenvalue weighted by atomic mass is 9.75. The highest BCUT2D eigenvalue weighted by molar-refractivity contribution is 5.79. The number of carbonyl (C=O) groups excluding carboxylic acids is 1. The first-order chi connectivity index (χ1) is 38.8. The van der Waals surface area contributed by atoms with Crippen molar-refractivity contribution >= 4 is 5.78 Å². The molecule has 21 nitrogen and oxygen atoms in total. The normalized spacial score (nSPS) is 56.3. The van der Waals surface area contributed by atoms with E-state index >= 15 is 0 Å². The Balaban J connectivity index is 0.675. The highest BCUT2D eigenvalue weighted by atomic mass is 16.7. The van der Waals surface area contributed by atoms with Crippen molar-refractivity contribution in [1.82, 2.24) is 0 Å². The molecule has 0 aromatic heterocycles. The van der Waals surface area contributed by atoms with Crippen molar-refractivity contribution in [2.75, 3.05) is 13.2 Å². The summed E-state index contributed by atoms with van der Waals surface area (Å²) in [4.78, 5) is 13.1. The molecule has 81 heavy (non-hydrogen) atoms. The van der Waals surface area contributed by atoms with E-state index in [-0.39, 0.29) is 92.3 Å². The molecule has 0 amide bonds. The molecule has 454 valence electrons. The zero-order valence-electron chi connectivity index (χ0n) is 47.2. The summed E-state index contributed by atoms with van der Waals surface area (Å²) in [5.74, 6) is -1.41. The van der Waals surface area contributed by atoms with Crippen LogP contribution in [0.15, 0.2) is 36.5 Å². The van der Waals surface area contributed by atoms with Crippen LogP contribution < -0.4 is 0 Å². The molecule has 13 rings (SSSR count). The quantitative estimate of drug-likeness (QED) is 0.197. The number of hydrogen-bond donors (Lipinski definition) is 7. The average Bonchev–Trinajstić information content (AvgIpc) is 3.85. The molecule has 13 aliphatic rings. The summed E-state index contributed by atoms with van der Waals surface area (Å²) in [7, 11) is 0. The lowest BCUT2D eigenvalue weighted by molar-refractivity contribution is -0.339. The van der Waals surface area contributed by atoms with Gasteiger partial charge in [-0.15, -0.1) is 0 Å². The largest absolute Gasteiger partial charge is 0.394 e. The van der Waals surface area contributed by atoms with E-state index < -0.39 is 158 Å². The fourth-order valence-corrected chi connectivity index (χ4v) is 16.4. The molecule has 0 radical (unpaired) electrons. The number of aliphatic hydroxyl groups excluding tert-OH is 7. The number of Topliss-reactive ketones (excluding diaryl/α,β-unsaturated/α-hetero) is 1. The number of fused-ring (bicyclic) bond motifs is 11. The Morgan fingerprint density at radius 2 is 1.16 bits per heavy atom. The summed E-state index contributed by atoms with van der Waals surface area (Å²) in [6, 6.07) is 0. The molecule has 13 heterocycles. The van der Waals surface area contributed by atoms with Crippen LogP contribution in [0.3, 0.4) is 0 Å². The van der Waals surface area contributed by atoms with Crippen LogP contribution in [-0.4, -0.2) is 237 Å². The Labute approximate surface area is 473 Å². The van der Waals surface area contributed by atoms with Gasteiger partial charge < -0.3 is 97.3 Å². The molecule has 0 bridgehead atoms. The highest BCUT2D eigenvalue weighted by Crippen LogP contribution is 2.52. The molecule has 0 aliphatic carbocycles. The lowest BCUT2D eigenvalue weighted by Gasteiger charge is -2.53. The monoisotopic (exact) mass is 1140 g/mol. The number of ether oxygens (including phenoxy) is 13. The average molecular weight is 1150 g/mol. The van der Waals surface area contributed by atoms with E-state index in [1.807, 2.05) is 38.2 Å². The van der Waals surface area contributed by atoms with Crippen LogP contribution in [-0.2, 0) is 66.4 Å². The van der Waals surface area contributed by atoms with E-state index in [2.05, 4.69) is 32.9 Å². The summed E-state index contributed by atoms with van der Waals surface area (Å²) in [6.45, 7) is 9.95. The van der Waals surface area contributed by atoms with Crippen molar-refractivity contribution in [3.05, 3.63) is 36.5 Å². The second-order valence-corrected chi connectivity index (χ2v) is 26.7. The Morgan fingerprint density at radius 3 is 1.91 bits per heavy atom. The highest BCUT2D eigenvalue weighted by Gasteiger charge is 2.63. The second kappa shape index (κ2) is 23.0. The minimum Gasteiger partial charge on any atom is -0.394 e. The van der Waals surface area contributed by atoms with Gasteiger partial charge in [-0.3, -0.25) is 4.79 Å². The number of aliphatic hydroxyl groups is 7. The van der Waals surface area contributed by atoms with Crippen LogP contribution in [0.25, 0.3) is 0 Å². The van der Waals surface area contributed by atoms with E-state index in [0.717, 1.165) is 6.42 Å². The van der Waals surface area contributed by atoms with E-state index in [1.165, 1.54) is 0 Å². The SMILES string of the molecule is C[C@@H]1C[C@@H]2O[C@@H]3[C@@H](C)[C@H](O)[C@@H]4O[C@]5(C[C@H](O)CO5)[C@@H](C)[C@H](C)[C@H]4O[C@H]3C[C@H]2O[C@H]2C[C@H]3O[C@H]4C/C=C\C[C@H]5O[C@H]6C=C[C@H]7O[C@H]8[C@H](O)[C@H]9O[C@@H](CC(O)[C@H](O)CO)CC(=O)C[C@@H]9O[C@@H]8C[C@@H]7O[C@@H]6C=C[C@@H]5O[C@@H]4C[C@@H](O)[C@]3(C)O[C@@H]2C1. The maximum atomic E-state index is 13.1. The Hall–Kier alpha value is -1.91. The van der Waals surface area contributed by atoms with Gasteiger partial charge in [0.1, 0.15) is 66.3 Å². The van der Waals surface area contributed by atoms with Crippen LogP contribution in [0.5, 0.6) is 0 Å². The third kappa shape index (κ3) is 10.9. The molecule has 1 spiro atoms.